The Morgan fingerprint density at radius 1 is 1.27 bits per heavy atom. The Morgan fingerprint density at radius 2 is 1.80 bits per heavy atom. The summed E-state index contributed by atoms with van der Waals surface area (Å²) in [6.07, 6.45) is -0.237. The largest absolute Gasteiger partial charge is 1.00 e. The first-order valence-electron chi connectivity index (χ1n) is 4.56. The molecule has 0 bridgehead atoms. The second kappa shape index (κ2) is 5.60. The number of hydrogen-bond donors (Lipinski definition) is 0. The Hall–Kier alpha value is 0.335. The topological polar surface area (TPSA) is 46.1 Å². The average molecular weight is 190 g/mol. The monoisotopic (exact) mass is 190 g/mol. The fourth-order valence-electron chi connectivity index (χ4n) is 1.87. The molecule has 4 heteroatoms. The summed E-state index contributed by atoms with van der Waals surface area (Å²) in [5, 5.41) is 23.1. The number of hydrogen-bond acceptors (Lipinski definition) is 2. The maximum Gasteiger partial charge on any atom is 1.00 e. The Kier molecular flexibility index (Phi) is 5.72. The van der Waals surface area contributed by atoms with Crippen molar-refractivity contribution in [2.75, 3.05) is 0 Å². The van der Waals surface area contributed by atoms with Gasteiger partial charge in [-0.2, -0.15) is 0 Å². The van der Waals surface area contributed by atoms with Gasteiger partial charge in [0.2, 0.25) is 0 Å². The molecule has 1 aromatic carbocycles. The van der Waals surface area contributed by atoms with E-state index < -0.39 is 11.7 Å². The number of rotatable bonds is 2. The first-order valence-corrected chi connectivity index (χ1v) is 4.56. The van der Waals surface area contributed by atoms with Crippen LogP contribution in [0.3, 0.4) is 0 Å². The SMILES string of the molecule is CC([O-])[C@@H]1C[C@@]1([O-])c1ccccc1.[Li+].[Li+]. The van der Waals surface area contributed by atoms with Gasteiger partial charge in [0.15, 0.2) is 0 Å². The van der Waals surface area contributed by atoms with Crippen molar-refractivity contribution in [1.29, 1.82) is 0 Å². The van der Waals surface area contributed by atoms with Crippen molar-refractivity contribution in [2.45, 2.75) is 25.0 Å². The average Bonchev–Trinajstić information content (AvgIpc) is 2.82. The van der Waals surface area contributed by atoms with Gasteiger partial charge in [-0.05, 0) is 0 Å². The number of benzene rings is 1. The van der Waals surface area contributed by atoms with Crippen LogP contribution in [-0.4, -0.2) is 6.10 Å². The third kappa shape index (κ3) is 2.92. The summed E-state index contributed by atoms with van der Waals surface area (Å²) < 4.78 is 0. The molecule has 0 aliphatic heterocycles. The molecule has 0 aromatic heterocycles. The summed E-state index contributed by atoms with van der Waals surface area (Å²) in [6, 6.07) is 9.20. The van der Waals surface area contributed by atoms with Gasteiger partial charge in [0.1, 0.15) is 0 Å². The Bertz CT molecular complexity index is 303. The van der Waals surface area contributed by atoms with E-state index in [1.165, 1.54) is 0 Å². The van der Waals surface area contributed by atoms with Crippen LogP contribution in [-0.2, 0) is 5.60 Å². The maximum atomic E-state index is 12.0. The van der Waals surface area contributed by atoms with Crippen LogP contribution in [0.25, 0.3) is 0 Å². The molecule has 1 aromatic rings. The molecule has 2 nitrogen and oxygen atoms in total. The van der Waals surface area contributed by atoms with Crippen molar-refractivity contribution >= 4 is 0 Å². The van der Waals surface area contributed by atoms with E-state index in [4.69, 9.17) is 0 Å². The summed E-state index contributed by atoms with van der Waals surface area (Å²) in [4.78, 5) is 0. The first-order chi connectivity index (χ1) is 6.14. The van der Waals surface area contributed by atoms with Crippen LogP contribution in [0.4, 0.5) is 0 Å². The van der Waals surface area contributed by atoms with Crippen LogP contribution in [0, 0.1) is 5.92 Å². The normalized spacial score (nSPS) is 29.7. The molecule has 70 valence electrons. The molecule has 0 radical (unpaired) electrons. The van der Waals surface area contributed by atoms with Gasteiger partial charge in [0.25, 0.3) is 0 Å². The molecule has 3 atom stereocenters. The van der Waals surface area contributed by atoms with E-state index in [0.29, 0.717) is 6.42 Å². The fourth-order valence-corrected chi connectivity index (χ4v) is 1.87. The van der Waals surface area contributed by atoms with E-state index in [-0.39, 0.29) is 43.6 Å². The minimum absolute atomic E-state index is 0. The van der Waals surface area contributed by atoms with E-state index in [9.17, 15) is 10.2 Å². The minimum Gasteiger partial charge on any atom is -0.852 e. The Labute approximate surface area is 114 Å². The molecule has 1 saturated carbocycles. The molecular formula is C11H12Li2O2. The summed E-state index contributed by atoms with van der Waals surface area (Å²) in [5.74, 6) is -0.213. The predicted octanol–water partition coefficient (Wildman–Crippen LogP) is -5.98. The van der Waals surface area contributed by atoms with Crippen LogP contribution in [0.2, 0.25) is 0 Å². The molecule has 0 amide bonds. The molecule has 0 heterocycles. The van der Waals surface area contributed by atoms with Crippen molar-refractivity contribution in [3.63, 3.8) is 0 Å². The van der Waals surface area contributed by atoms with Crippen LogP contribution >= 0.6 is 0 Å². The molecule has 0 spiro atoms. The molecular weight excluding hydrogens is 178 g/mol. The first kappa shape index (κ1) is 15.3. The van der Waals surface area contributed by atoms with Crippen molar-refractivity contribution in [3.8, 4) is 0 Å². The minimum atomic E-state index is -1.08. The van der Waals surface area contributed by atoms with Crippen molar-refractivity contribution in [1.82, 2.24) is 0 Å². The van der Waals surface area contributed by atoms with E-state index in [1.807, 2.05) is 30.3 Å². The zero-order chi connectivity index (χ0) is 9.47. The van der Waals surface area contributed by atoms with Gasteiger partial charge >= 0.3 is 37.7 Å². The molecule has 1 unspecified atom stereocenters. The fraction of sp³-hybridized carbons (Fsp3) is 0.455. The third-order valence-electron chi connectivity index (χ3n) is 2.79. The van der Waals surface area contributed by atoms with Gasteiger partial charge in [0.05, 0.1) is 0 Å². The standard InChI is InChI=1S/C11H12O2.2Li/c1-8(12)10-7-11(10,13)9-5-3-2-4-6-9;;/h2-6,8,10H,7H2,1H3;;/q-2;2*+1/t8?,10-,11+;;/m0../s1. The van der Waals surface area contributed by atoms with Gasteiger partial charge < -0.3 is 10.2 Å². The summed E-state index contributed by atoms with van der Waals surface area (Å²) in [7, 11) is 0. The van der Waals surface area contributed by atoms with Crippen LogP contribution < -0.4 is 47.9 Å². The molecule has 15 heavy (non-hydrogen) atoms. The molecule has 1 aliphatic rings. The van der Waals surface area contributed by atoms with E-state index in [0.717, 1.165) is 5.56 Å². The second-order valence-corrected chi connectivity index (χ2v) is 3.77. The van der Waals surface area contributed by atoms with Crippen LogP contribution in [0.1, 0.15) is 18.9 Å². The smallest absolute Gasteiger partial charge is 0.852 e. The van der Waals surface area contributed by atoms with E-state index >= 15 is 0 Å². The van der Waals surface area contributed by atoms with Crippen molar-refractivity contribution < 1.29 is 47.9 Å². The molecule has 1 fully saturated rings. The zero-order valence-corrected chi connectivity index (χ0v) is 9.57. The third-order valence-corrected chi connectivity index (χ3v) is 2.79. The Morgan fingerprint density at radius 3 is 2.20 bits per heavy atom. The maximum absolute atomic E-state index is 12.0. The quantitative estimate of drug-likeness (QED) is 0.436. The summed E-state index contributed by atoms with van der Waals surface area (Å²) in [6.45, 7) is 1.58. The predicted molar refractivity (Wildman–Crippen MR) is 45.7 cm³/mol. The second-order valence-electron chi connectivity index (χ2n) is 3.77. The van der Waals surface area contributed by atoms with Gasteiger partial charge in [-0.1, -0.05) is 60.8 Å². The van der Waals surface area contributed by atoms with Crippen molar-refractivity contribution in [2.24, 2.45) is 5.92 Å². The van der Waals surface area contributed by atoms with Crippen LogP contribution in [0.15, 0.2) is 30.3 Å². The molecule has 0 saturated heterocycles. The van der Waals surface area contributed by atoms with Gasteiger partial charge in [0, 0.05) is 0 Å². The molecule has 2 rings (SSSR count). The van der Waals surface area contributed by atoms with Gasteiger partial charge in [-0.3, -0.25) is 0 Å². The zero-order valence-electron chi connectivity index (χ0n) is 9.57. The molecule has 0 N–H and O–H groups in total. The van der Waals surface area contributed by atoms with E-state index in [2.05, 4.69) is 0 Å². The van der Waals surface area contributed by atoms with E-state index in [1.54, 1.807) is 6.92 Å². The Balaban J connectivity index is 0.000000980. The molecule has 1 aliphatic carbocycles. The summed E-state index contributed by atoms with van der Waals surface area (Å²) in [5.41, 5.74) is -0.315. The van der Waals surface area contributed by atoms with Crippen LogP contribution in [0.5, 0.6) is 0 Å². The van der Waals surface area contributed by atoms with Gasteiger partial charge in [-0.15, -0.1) is 6.10 Å². The van der Waals surface area contributed by atoms with Crippen molar-refractivity contribution in [3.05, 3.63) is 35.9 Å². The van der Waals surface area contributed by atoms with Gasteiger partial charge in [-0.25, -0.2) is 0 Å². The summed E-state index contributed by atoms with van der Waals surface area (Å²) >= 11 is 0.